The summed E-state index contributed by atoms with van der Waals surface area (Å²) < 4.78 is 6.25. The summed E-state index contributed by atoms with van der Waals surface area (Å²) in [6, 6.07) is 13.5. The minimum Gasteiger partial charge on any atom is -0.508 e. The molecule has 0 aromatic heterocycles. The zero-order chi connectivity index (χ0) is 24.4. The van der Waals surface area contributed by atoms with Gasteiger partial charge < -0.3 is 25.4 Å². The zero-order valence-electron chi connectivity index (χ0n) is 21.0. The molecular weight excluding hydrogens is 438 g/mol. The second-order valence-corrected chi connectivity index (χ2v) is 11.7. The largest absolute Gasteiger partial charge is 0.508 e. The molecule has 35 heavy (non-hydrogen) atoms. The molecule has 4 N–H and O–H groups in total. The van der Waals surface area contributed by atoms with E-state index in [0.717, 1.165) is 36.5 Å². The van der Waals surface area contributed by atoms with Gasteiger partial charge >= 0.3 is 0 Å². The van der Waals surface area contributed by atoms with Gasteiger partial charge in [-0.05, 0) is 117 Å². The second kappa shape index (κ2) is 10.5. The number of hydrogen-bond donors (Lipinski definition) is 4. The lowest BCUT2D eigenvalue weighted by molar-refractivity contribution is -0.0622. The Balaban J connectivity index is 1.08. The van der Waals surface area contributed by atoms with E-state index in [9.17, 15) is 15.3 Å². The summed E-state index contributed by atoms with van der Waals surface area (Å²) in [4.78, 5) is 0. The van der Waals surface area contributed by atoms with Gasteiger partial charge in [0, 0.05) is 18.2 Å². The highest BCUT2D eigenvalue weighted by atomic mass is 16.5. The Bertz CT molecular complexity index is 970. The number of aliphatic hydroxyl groups excluding tert-OH is 2. The minimum absolute atomic E-state index is 0.0461. The van der Waals surface area contributed by atoms with Gasteiger partial charge in [0.25, 0.3) is 0 Å². The lowest BCUT2D eigenvalue weighted by Crippen LogP contribution is -2.46. The third kappa shape index (κ3) is 5.84. The van der Waals surface area contributed by atoms with Crippen LogP contribution in [0.15, 0.2) is 42.5 Å². The Morgan fingerprint density at radius 1 is 1.03 bits per heavy atom. The quantitative estimate of drug-likeness (QED) is 0.359. The van der Waals surface area contributed by atoms with Crippen LogP contribution in [-0.4, -0.2) is 34.5 Å². The van der Waals surface area contributed by atoms with Gasteiger partial charge in [0.15, 0.2) is 0 Å². The molecule has 4 bridgehead atoms. The monoisotopic (exact) mass is 479 g/mol. The molecule has 0 spiro atoms. The molecule has 5 heteroatoms. The van der Waals surface area contributed by atoms with Gasteiger partial charge in [0.2, 0.25) is 0 Å². The van der Waals surface area contributed by atoms with E-state index in [4.69, 9.17) is 4.74 Å². The first-order chi connectivity index (χ1) is 16.9. The molecule has 2 aromatic carbocycles. The Morgan fingerprint density at radius 3 is 2.43 bits per heavy atom. The lowest BCUT2D eigenvalue weighted by Gasteiger charge is -2.57. The first-order valence-electron chi connectivity index (χ1n) is 13.5. The Labute approximate surface area is 209 Å². The van der Waals surface area contributed by atoms with Crippen LogP contribution in [0.3, 0.4) is 0 Å². The summed E-state index contributed by atoms with van der Waals surface area (Å²) in [5, 5.41) is 33.0. The topological polar surface area (TPSA) is 82.0 Å². The van der Waals surface area contributed by atoms with Crippen LogP contribution in [0.5, 0.6) is 11.5 Å². The molecule has 0 radical (unpaired) electrons. The van der Waals surface area contributed by atoms with Crippen molar-refractivity contribution < 1.29 is 20.1 Å². The fourth-order valence-corrected chi connectivity index (χ4v) is 7.54. The van der Waals surface area contributed by atoms with Crippen LogP contribution >= 0.6 is 0 Å². The van der Waals surface area contributed by atoms with Crippen molar-refractivity contribution in [3.63, 3.8) is 0 Å². The average molecular weight is 480 g/mol. The predicted molar refractivity (Wildman–Crippen MR) is 137 cm³/mol. The fourth-order valence-electron chi connectivity index (χ4n) is 7.54. The number of rotatable bonds is 11. The van der Waals surface area contributed by atoms with E-state index in [1.54, 1.807) is 12.1 Å². The van der Waals surface area contributed by atoms with Gasteiger partial charge in [-0.1, -0.05) is 18.2 Å². The van der Waals surface area contributed by atoms with Crippen LogP contribution < -0.4 is 10.1 Å². The molecule has 0 amide bonds. The minimum atomic E-state index is -0.706. The van der Waals surface area contributed by atoms with Crippen LogP contribution in [0.1, 0.15) is 74.7 Å². The highest BCUT2D eigenvalue weighted by Gasteiger charge is 2.50. The van der Waals surface area contributed by atoms with E-state index in [2.05, 4.69) is 36.5 Å². The van der Waals surface area contributed by atoms with E-state index >= 15 is 0 Å². The predicted octanol–water partition coefficient (Wildman–Crippen LogP) is 5.12. The van der Waals surface area contributed by atoms with Gasteiger partial charge in [-0.25, -0.2) is 0 Å². The number of nitrogens with one attached hydrogen (secondary N) is 1. The summed E-state index contributed by atoms with van der Waals surface area (Å²) in [7, 11) is 0. The third-order valence-corrected chi connectivity index (χ3v) is 8.82. The zero-order valence-corrected chi connectivity index (χ0v) is 21.0. The van der Waals surface area contributed by atoms with Gasteiger partial charge in [-0.2, -0.15) is 0 Å². The Kier molecular flexibility index (Phi) is 7.38. The number of aromatic hydroxyl groups is 1. The van der Waals surface area contributed by atoms with Crippen molar-refractivity contribution in [3.05, 3.63) is 59.2 Å². The molecule has 2 aromatic rings. The maximum absolute atomic E-state index is 10.5. The summed E-state index contributed by atoms with van der Waals surface area (Å²) in [5.41, 5.74) is 2.88. The molecule has 4 saturated carbocycles. The third-order valence-electron chi connectivity index (χ3n) is 8.82. The highest BCUT2D eigenvalue weighted by molar-refractivity contribution is 5.36. The first-order valence-corrected chi connectivity index (χ1v) is 13.5. The van der Waals surface area contributed by atoms with Crippen LogP contribution in [0.2, 0.25) is 0 Å². The van der Waals surface area contributed by atoms with Gasteiger partial charge in [0.05, 0.1) is 19.3 Å². The van der Waals surface area contributed by atoms with Crippen LogP contribution in [0, 0.1) is 23.2 Å². The van der Waals surface area contributed by atoms with Gasteiger partial charge in [-0.3, -0.25) is 0 Å². The summed E-state index contributed by atoms with van der Waals surface area (Å²) >= 11 is 0. The molecule has 0 aliphatic heterocycles. The summed E-state index contributed by atoms with van der Waals surface area (Å²) in [6.07, 6.45) is 10.1. The SMILES string of the molecule is C[C@H](Cc1cccc(OCCC23CC4CC(CC(C4)C2)C3)c1)NC[C@H](O)c1ccc(O)c(CO)c1. The summed E-state index contributed by atoms with van der Waals surface area (Å²) in [6.45, 7) is 3.08. The van der Waals surface area contributed by atoms with Crippen LogP contribution in [-0.2, 0) is 13.0 Å². The van der Waals surface area contributed by atoms with Crippen molar-refractivity contribution >= 4 is 0 Å². The number of benzene rings is 2. The van der Waals surface area contributed by atoms with Gasteiger partial charge in [0.1, 0.15) is 11.5 Å². The maximum Gasteiger partial charge on any atom is 0.121 e. The van der Waals surface area contributed by atoms with Crippen molar-refractivity contribution in [1.82, 2.24) is 5.32 Å². The number of ether oxygens (including phenoxy) is 1. The molecular formula is C30H41NO4. The number of hydrogen-bond acceptors (Lipinski definition) is 5. The fraction of sp³-hybridized carbons (Fsp3) is 0.600. The van der Waals surface area contributed by atoms with Crippen molar-refractivity contribution in [2.24, 2.45) is 23.2 Å². The molecule has 4 aliphatic rings. The molecule has 6 rings (SSSR count). The first kappa shape index (κ1) is 24.6. The molecule has 190 valence electrons. The van der Waals surface area contributed by atoms with E-state index in [1.165, 1.54) is 56.6 Å². The van der Waals surface area contributed by atoms with E-state index in [-0.39, 0.29) is 18.4 Å². The molecule has 0 unspecified atom stereocenters. The molecule has 0 heterocycles. The average Bonchev–Trinajstić information content (AvgIpc) is 2.82. The van der Waals surface area contributed by atoms with Crippen molar-refractivity contribution in [3.8, 4) is 11.5 Å². The Hall–Kier alpha value is -2.08. The number of phenols is 1. The van der Waals surface area contributed by atoms with E-state index < -0.39 is 6.10 Å². The lowest BCUT2D eigenvalue weighted by atomic mass is 9.49. The normalized spacial score (nSPS) is 28.7. The van der Waals surface area contributed by atoms with E-state index in [0.29, 0.717) is 23.1 Å². The van der Waals surface area contributed by atoms with Gasteiger partial charge in [-0.15, -0.1) is 0 Å². The van der Waals surface area contributed by atoms with E-state index in [1.807, 2.05) is 0 Å². The molecule has 0 saturated heterocycles. The van der Waals surface area contributed by atoms with Crippen LogP contribution in [0.25, 0.3) is 0 Å². The van der Waals surface area contributed by atoms with Crippen molar-refractivity contribution in [1.29, 1.82) is 0 Å². The number of aliphatic hydroxyl groups is 2. The van der Waals surface area contributed by atoms with Crippen molar-refractivity contribution in [2.75, 3.05) is 13.2 Å². The van der Waals surface area contributed by atoms with Crippen molar-refractivity contribution in [2.45, 2.75) is 77.0 Å². The highest BCUT2D eigenvalue weighted by Crippen LogP contribution is 2.61. The summed E-state index contributed by atoms with van der Waals surface area (Å²) in [5.74, 6) is 3.97. The molecule has 4 aliphatic carbocycles. The van der Waals surface area contributed by atoms with Crippen LogP contribution in [0.4, 0.5) is 0 Å². The molecule has 5 nitrogen and oxygen atoms in total. The maximum atomic E-state index is 10.5. The smallest absolute Gasteiger partial charge is 0.121 e. The molecule has 4 fully saturated rings. The standard InChI is InChI=1S/C30H41NO4/c1-20(31-18-29(34)25-5-6-28(33)26(14-25)19-32)9-21-3-2-4-27(13-21)35-8-7-30-15-22-10-23(16-30)12-24(11-22)17-30/h2-6,13-14,20,22-24,29,31-34H,7-12,15-19H2,1H3/t20-,22?,23?,24?,29+,30?/m1/s1. The molecule has 2 atom stereocenters. The second-order valence-electron chi connectivity index (χ2n) is 11.7. The Morgan fingerprint density at radius 2 is 1.74 bits per heavy atom.